The van der Waals surface area contributed by atoms with E-state index in [9.17, 15) is 37.3 Å². The van der Waals surface area contributed by atoms with E-state index in [1.165, 1.54) is 6.92 Å². The first-order valence-corrected chi connectivity index (χ1v) is 7.93. The quantitative estimate of drug-likeness (QED) is 0.521. The van der Waals surface area contributed by atoms with Crippen molar-refractivity contribution in [2.45, 2.75) is 43.1 Å². The Morgan fingerprint density at radius 1 is 1.25 bits per heavy atom. The molecule has 0 amide bonds. The molecule has 0 aliphatic carbocycles. The number of fused-ring (bicyclic) bond motifs is 1. The Bertz CT molecular complexity index is 858. The van der Waals surface area contributed by atoms with Crippen LogP contribution in [0.25, 0.3) is 11.2 Å². The molecule has 3 heterocycles. The Morgan fingerprint density at radius 2 is 1.93 bits per heavy atom. The van der Waals surface area contributed by atoms with Gasteiger partial charge in [-0.3, -0.25) is 4.57 Å². The minimum Gasteiger partial charge on any atom is -0.394 e. The van der Waals surface area contributed by atoms with E-state index in [0.717, 1.165) is 17.2 Å². The maximum absolute atomic E-state index is 13.1. The average molecular weight is 413 g/mol. The smallest absolute Gasteiger partial charge is 0.394 e. The summed E-state index contributed by atoms with van der Waals surface area (Å²) in [5, 5.41) is 31.7. The molecule has 9 nitrogen and oxygen atoms in total. The lowest BCUT2D eigenvalue weighted by Crippen LogP contribution is -2.44. The maximum Gasteiger partial charge on any atom is 0.455 e. The lowest BCUT2D eigenvalue weighted by Gasteiger charge is -2.27. The second-order valence-corrected chi connectivity index (χ2v) is 6.48. The van der Waals surface area contributed by atoms with Gasteiger partial charge in [0.1, 0.15) is 24.1 Å². The molecular formula is C14H16F5N5O4. The van der Waals surface area contributed by atoms with Crippen LogP contribution in [0.1, 0.15) is 13.2 Å². The number of ether oxygens (including phenoxy) is 1. The Kier molecular flexibility index (Phi) is 4.94. The molecule has 4 atom stereocenters. The van der Waals surface area contributed by atoms with E-state index in [2.05, 4.69) is 15.0 Å². The molecule has 2 aromatic rings. The van der Waals surface area contributed by atoms with Crippen molar-refractivity contribution >= 4 is 17.0 Å². The molecule has 14 heteroatoms. The standard InChI is InChI=1S/C14H16F5N5O4/c1-12(27)8(26)6(2-25)28-11(12)24-5-23-7-9(21-4-22-10(7)24)20-3-13(15,16)14(17,18)19/h4-6,8,11,25-27H,2-3H2,1H3,(H,20,21,22)/t6-,8-,11-,12-/m1/s1. The number of nitrogens with one attached hydrogen (secondary N) is 1. The van der Waals surface area contributed by atoms with Crippen LogP contribution in [0.2, 0.25) is 0 Å². The molecule has 3 rings (SSSR count). The van der Waals surface area contributed by atoms with Crippen LogP contribution in [-0.2, 0) is 4.74 Å². The Balaban J connectivity index is 1.92. The summed E-state index contributed by atoms with van der Waals surface area (Å²) in [4.78, 5) is 11.4. The number of rotatable bonds is 5. The number of nitrogens with zero attached hydrogens (tertiary/aromatic N) is 4. The molecule has 2 aromatic heterocycles. The number of imidazole rings is 1. The number of hydrogen-bond donors (Lipinski definition) is 4. The van der Waals surface area contributed by atoms with Gasteiger partial charge in [-0.15, -0.1) is 0 Å². The average Bonchev–Trinajstić information content (AvgIpc) is 3.12. The number of anilines is 1. The van der Waals surface area contributed by atoms with Crippen LogP contribution in [0.5, 0.6) is 0 Å². The molecule has 1 saturated heterocycles. The zero-order chi connectivity index (χ0) is 20.9. The third kappa shape index (κ3) is 3.25. The highest BCUT2D eigenvalue weighted by Gasteiger charge is 2.57. The fourth-order valence-electron chi connectivity index (χ4n) is 2.84. The summed E-state index contributed by atoms with van der Waals surface area (Å²) in [6.07, 6.45) is -7.57. The number of hydrogen-bond acceptors (Lipinski definition) is 8. The maximum atomic E-state index is 13.1. The number of alkyl halides is 5. The van der Waals surface area contributed by atoms with Gasteiger partial charge in [-0.05, 0) is 6.92 Å². The number of aromatic nitrogens is 4. The molecule has 0 spiro atoms. The molecule has 0 radical (unpaired) electrons. The van der Waals surface area contributed by atoms with Crippen molar-refractivity contribution in [1.29, 1.82) is 0 Å². The highest BCUT2D eigenvalue weighted by molar-refractivity contribution is 5.82. The van der Waals surface area contributed by atoms with Gasteiger partial charge in [0.2, 0.25) is 0 Å². The molecule has 1 fully saturated rings. The van der Waals surface area contributed by atoms with Gasteiger partial charge >= 0.3 is 12.1 Å². The van der Waals surface area contributed by atoms with Gasteiger partial charge in [0.25, 0.3) is 0 Å². The minimum atomic E-state index is -5.74. The van der Waals surface area contributed by atoms with Gasteiger partial charge in [-0.2, -0.15) is 22.0 Å². The first-order valence-electron chi connectivity index (χ1n) is 7.93. The second kappa shape index (κ2) is 6.72. The van der Waals surface area contributed by atoms with Crippen LogP contribution in [-0.4, -0.2) is 77.9 Å². The molecule has 0 unspecified atom stereocenters. The summed E-state index contributed by atoms with van der Waals surface area (Å²) in [7, 11) is 0. The molecule has 0 saturated carbocycles. The van der Waals surface area contributed by atoms with Crippen molar-refractivity contribution in [3.63, 3.8) is 0 Å². The van der Waals surface area contributed by atoms with Crippen LogP contribution in [0.3, 0.4) is 0 Å². The highest BCUT2D eigenvalue weighted by Crippen LogP contribution is 2.40. The minimum absolute atomic E-state index is 0.0520. The fraction of sp³-hybridized carbons (Fsp3) is 0.643. The van der Waals surface area contributed by atoms with E-state index in [1.54, 1.807) is 0 Å². The van der Waals surface area contributed by atoms with E-state index in [-0.39, 0.29) is 17.0 Å². The van der Waals surface area contributed by atoms with Gasteiger partial charge < -0.3 is 25.4 Å². The molecule has 4 N–H and O–H groups in total. The molecule has 156 valence electrons. The summed E-state index contributed by atoms with van der Waals surface area (Å²) in [6.45, 7) is -1.11. The van der Waals surface area contributed by atoms with E-state index < -0.39 is 49.3 Å². The second-order valence-electron chi connectivity index (χ2n) is 6.48. The predicted octanol–water partition coefficient (Wildman–Crippen LogP) is 0.437. The van der Waals surface area contributed by atoms with Crippen molar-refractivity contribution in [1.82, 2.24) is 19.5 Å². The van der Waals surface area contributed by atoms with Crippen molar-refractivity contribution in [3.8, 4) is 0 Å². The van der Waals surface area contributed by atoms with Crippen molar-refractivity contribution < 1.29 is 42.0 Å². The topological polar surface area (TPSA) is 126 Å². The van der Waals surface area contributed by atoms with Crippen LogP contribution in [0.4, 0.5) is 27.8 Å². The van der Waals surface area contributed by atoms with Crippen molar-refractivity contribution in [3.05, 3.63) is 12.7 Å². The molecule has 1 aliphatic rings. The van der Waals surface area contributed by atoms with Crippen molar-refractivity contribution in [2.75, 3.05) is 18.5 Å². The third-order valence-corrected chi connectivity index (χ3v) is 4.44. The molecular weight excluding hydrogens is 397 g/mol. The Hall–Kier alpha value is -2.16. The van der Waals surface area contributed by atoms with Gasteiger partial charge in [0.05, 0.1) is 19.5 Å². The van der Waals surface area contributed by atoms with Crippen LogP contribution >= 0.6 is 0 Å². The normalized spacial score (nSPS) is 28.8. The zero-order valence-electron chi connectivity index (χ0n) is 14.2. The zero-order valence-corrected chi connectivity index (χ0v) is 14.2. The largest absolute Gasteiger partial charge is 0.455 e. The van der Waals surface area contributed by atoms with Gasteiger partial charge in [0.15, 0.2) is 23.2 Å². The summed E-state index contributed by atoms with van der Waals surface area (Å²) in [6, 6.07) is 0. The van der Waals surface area contributed by atoms with Crippen LogP contribution in [0.15, 0.2) is 12.7 Å². The third-order valence-electron chi connectivity index (χ3n) is 4.44. The fourth-order valence-corrected chi connectivity index (χ4v) is 2.84. The van der Waals surface area contributed by atoms with Gasteiger partial charge in [-0.1, -0.05) is 0 Å². The first kappa shape index (κ1) is 20.6. The summed E-state index contributed by atoms with van der Waals surface area (Å²) in [5.74, 6) is -5.38. The van der Waals surface area contributed by atoms with E-state index in [4.69, 9.17) is 4.74 Å². The summed E-state index contributed by atoms with van der Waals surface area (Å²) in [5.41, 5.74) is -2.08. The number of aliphatic hydroxyl groups is 3. The van der Waals surface area contributed by atoms with E-state index in [0.29, 0.717) is 0 Å². The monoisotopic (exact) mass is 413 g/mol. The SMILES string of the molecule is C[C@@]1(O)[C@H](O)[C@@H](CO)O[C@H]1n1cnc2c(NCC(F)(F)C(F)(F)F)ncnc21. The number of halogens is 5. The summed E-state index contributed by atoms with van der Waals surface area (Å²) < 4.78 is 69.8. The van der Waals surface area contributed by atoms with E-state index in [1.807, 2.05) is 5.32 Å². The Morgan fingerprint density at radius 3 is 2.50 bits per heavy atom. The van der Waals surface area contributed by atoms with Crippen LogP contribution < -0.4 is 5.32 Å². The summed E-state index contributed by atoms with van der Waals surface area (Å²) >= 11 is 0. The van der Waals surface area contributed by atoms with Crippen molar-refractivity contribution in [2.24, 2.45) is 0 Å². The van der Waals surface area contributed by atoms with Gasteiger partial charge in [0, 0.05) is 0 Å². The first-order chi connectivity index (χ1) is 12.9. The number of aliphatic hydroxyl groups excluding tert-OH is 2. The lowest BCUT2D eigenvalue weighted by molar-refractivity contribution is -0.275. The highest BCUT2D eigenvalue weighted by atomic mass is 19.4. The Labute approximate surface area is 153 Å². The lowest BCUT2D eigenvalue weighted by atomic mass is 9.96. The molecule has 0 bridgehead atoms. The molecule has 28 heavy (non-hydrogen) atoms. The van der Waals surface area contributed by atoms with Crippen LogP contribution in [0, 0.1) is 0 Å². The molecule has 0 aromatic carbocycles. The molecule has 1 aliphatic heterocycles. The predicted molar refractivity (Wildman–Crippen MR) is 82.4 cm³/mol. The van der Waals surface area contributed by atoms with E-state index >= 15 is 0 Å². The van der Waals surface area contributed by atoms with Gasteiger partial charge in [-0.25, -0.2) is 15.0 Å².